The molecule has 0 atom stereocenters. The van der Waals surface area contributed by atoms with Crippen molar-refractivity contribution in [2.75, 3.05) is 12.1 Å². The minimum absolute atomic E-state index is 0. The Bertz CT molecular complexity index is 934. The molecular weight excluding hydrogens is 359 g/mol. The summed E-state index contributed by atoms with van der Waals surface area (Å²) in [6.45, 7) is 0.121. The number of aromatic nitrogens is 2. The summed E-state index contributed by atoms with van der Waals surface area (Å²) >= 11 is 0. The molecule has 2 aromatic carbocycles. The van der Waals surface area contributed by atoms with Crippen molar-refractivity contribution < 1.29 is 22.6 Å². The number of fused-ring (bicyclic) bond motifs is 2. The van der Waals surface area contributed by atoms with Gasteiger partial charge in [-0.25, -0.2) is 9.97 Å². The van der Waals surface area contributed by atoms with Crippen molar-refractivity contribution in [1.82, 2.24) is 9.97 Å². The first-order chi connectivity index (χ1) is 11.5. The van der Waals surface area contributed by atoms with Gasteiger partial charge in [0, 0.05) is 17.1 Å². The number of halogens is 4. The molecule has 1 aromatic heterocycles. The van der Waals surface area contributed by atoms with Gasteiger partial charge in [0.2, 0.25) is 6.79 Å². The van der Waals surface area contributed by atoms with Gasteiger partial charge in [-0.15, -0.1) is 12.4 Å². The Balaban J connectivity index is 0.00000182. The van der Waals surface area contributed by atoms with Crippen LogP contribution in [0.25, 0.3) is 10.9 Å². The third kappa shape index (κ3) is 3.25. The summed E-state index contributed by atoms with van der Waals surface area (Å²) in [5.41, 5.74) is 0.148. The highest BCUT2D eigenvalue weighted by molar-refractivity contribution is 5.93. The second-order valence-electron chi connectivity index (χ2n) is 5.15. The average Bonchev–Trinajstić information content (AvgIpc) is 3.00. The molecule has 25 heavy (non-hydrogen) atoms. The highest BCUT2D eigenvalue weighted by Crippen LogP contribution is 2.38. The monoisotopic (exact) mass is 369 g/mol. The Hall–Kier alpha value is -2.74. The maximum Gasteiger partial charge on any atom is 0.416 e. The Morgan fingerprint density at radius 1 is 1.00 bits per heavy atom. The van der Waals surface area contributed by atoms with Crippen LogP contribution in [-0.2, 0) is 6.18 Å². The van der Waals surface area contributed by atoms with Crippen molar-refractivity contribution in [2.24, 2.45) is 0 Å². The van der Waals surface area contributed by atoms with Gasteiger partial charge in [-0.1, -0.05) is 6.07 Å². The molecule has 4 rings (SSSR count). The van der Waals surface area contributed by atoms with Crippen LogP contribution < -0.4 is 14.8 Å². The van der Waals surface area contributed by atoms with Gasteiger partial charge >= 0.3 is 6.18 Å². The molecule has 0 bridgehead atoms. The number of hydrogen-bond donors (Lipinski definition) is 1. The van der Waals surface area contributed by atoms with Crippen LogP contribution in [0.2, 0.25) is 0 Å². The first-order valence-electron chi connectivity index (χ1n) is 6.99. The Morgan fingerprint density at radius 2 is 1.76 bits per heavy atom. The molecule has 0 spiro atoms. The fourth-order valence-corrected chi connectivity index (χ4v) is 2.46. The summed E-state index contributed by atoms with van der Waals surface area (Å²) in [7, 11) is 0. The number of alkyl halides is 3. The molecule has 0 saturated heterocycles. The van der Waals surface area contributed by atoms with E-state index >= 15 is 0 Å². The van der Waals surface area contributed by atoms with Crippen LogP contribution >= 0.6 is 12.4 Å². The highest BCUT2D eigenvalue weighted by Gasteiger charge is 2.30. The summed E-state index contributed by atoms with van der Waals surface area (Å²) < 4.78 is 49.1. The van der Waals surface area contributed by atoms with Crippen molar-refractivity contribution in [2.45, 2.75) is 6.18 Å². The summed E-state index contributed by atoms with van der Waals surface area (Å²) in [5.74, 6) is 1.51. The predicted octanol–water partition coefficient (Wildman–Crippen LogP) is 4.54. The number of benzene rings is 2. The van der Waals surface area contributed by atoms with Crippen LogP contribution in [0.3, 0.4) is 0 Å². The van der Waals surface area contributed by atoms with E-state index in [1.54, 1.807) is 12.1 Å². The summed E-state index contributed by atoms with van der Waals surface area (Å²) in [5, 5.41) is 3.53. The van der Waals surface area contributed by atoms with E-state index in [0.29, 0.717) is 28.2 Å². The minimum atomic E-state index is -4.41. The molecule has 9 heteroatoms. The number of anilines is 2. The lowest BCUT2D eigenvalue weighted by Gasteiger charge is -2.11. The second-order valence-corrected chi connectivity index (χ2v) is 5.15. The second kappa shape index (κ2) is 6.29. The molecule has 130 valence electrons. The van der Waals surface area contributed by atoms with Gasteiger partial charge in [0.25, 0.3) is 0 Å². The van der Waals surface area contributed by atoms with Gasteiger partial charge in [-0.05, 0) is 24.3 Å². The molecule has 0 amide bonds. The SMILES string of the molecule is Cl.FC(F)(F)c1cccc(Nc2ncnc3cc4c(cc23)OCO4)c1. The normalized spacial score (nSPS) is 12.8. The zero-order chi connectivity index (χ0) is 16.7. The van der Waals surface area contributed by atoms with E-state index in [1.807, 2.05) is 0 Å². The lowest BCUT2D eigenvalue weighted by Crippen LogP contribution is -2.05. The molecule has 2 heterocycles. The number of nitrogens with one attached hydrogen (secondary N) is 1. The van der Waals surface area contributed by atoms with E-state index in [1.165, 1.54) is 18.5 Å². The minimum Gasteiger partial charge on any atom is -0.454 e. The van der Waals surface area contributed by atoms with Gasteiger partial charge < -0.3 is 14.8 Å². The van der Waals surface area contributed by atoms with E-state index in [4.69, 9.17) is 9.47 Å². The summed E-state index contributed by atoms with van der Waals surface area (Å²) in [6, 6.07) is 8.33. The molecule has 1 N–H and O–H groups in total. The summed E-state index contributed by atoms with van der Waals surface area (Å²) in [6.07, 6.45) is -3.07. The number of ether oxygens (including phenoxy) is 2. The van der Waals surface area contributed by atoms with Crippen LogP contribution in [0.5, 0.6) is 11.5 Å². The van der Waals surface area contributed by atoms with E-state index in [9.17, 15) is 13.2 Å². The zero-order valence-electron chi connectivity index (χ0n) is 12.5. The van der Waals surface area contributed by atoms with Gasteiger partial charge in [0.15, 0.2) is 11.5 Å². The van der Waals surface area contributed by atoms with Gasteiger partial charge in [0.1, 0.15) is 12.1 Å². The Kier molecular flexibility index (Phi) is 4.30. The number of hydrogen-bond acceptors (Lipinski definition) is 5. The molecule has 0 aliphatic carbocycles. The van der Waals surface area contributed by atoms with Crippen molar-refractivity contribution >= 4 is 34.8 Å². The van der Waals surface area contributed by atoms with Gasteiger partial charge in [-0.3, -0.25) is 0 Å². The topological polar surface area (TPSA) is 56.3 Å². The van der Waals surface area contributed by atoms with Gasteiger partial charge in [0.05, 0.1) is 11.1 Å². The van der Waals surface area contributed by atoms with Crippen molar-refractivity contribution in [3.05, 3.63) is 48.3 Å². The first-order valence-corrected chi connectivity index (χ1v) is 6.99. The van der Waals surface area contributed by atoms with E-state index in [2.05, 4.69) is 15.3 Å². The smallest absolute Gasteiger partial charge is 0.416 e. The van der Waals surface area contributed by atoms with Crippen LogP contribution in [0.4, 0.5) is 24.7 Å². The third-order valence-electron chi connectivity index (χ3n) is 3.58. The standard InChI is InChI=1S/C16H10F3N3O2.ClH/c17-16(18,19)9-2-1-3-10(4-9)22-15-11-5-13-14(24-8-23-13)6-12(11)20-7-21-15;/h1-7H,8H2,(H,20,21,22);1H. The van der Waals surface area contributed by atoms with Crippen LogP contribution in [0, 0.1) is 0 Å². The maximum atomic E-state index is 12.8. The number of rotatable bonds is 2. The molecular formula is C16H11ClF3N3O2. The third-order valence-corrected chi connectivity index (χ3v) is 3.58. The van der Waals surface area contributed by atoms with Crippen molar-refractivity contribution in [1.29, 1.82) is 0 Å². The van der Waals surface area contributed by atoms with E-state index < -0.39 is 11.7 Å². The van der Waals surface area contributed by atoms with Gasteiger partial charge in [-0.2, -0.15) is 13.2 Å². The fraction of sp³-hybridized carbons (Fsp3) is 0.125. The first kappa shape index (κ1) is 17.1. The van der Waals surface area contributed by atoms with E-state index in [0.717, 1.165) is 12.1 Å². The predicted molar refractivity (Wildman–Crippen MR) is 87.6 cm³/mol. The maximum absolute atomic E-state index is 12.8. The molecule has 3 aromatic rings. The molecule has 0 fully saturated rings. The quantitative estimate of drug-likeness (QED) is 0.718. The van der Waals surface area contributed by atoms with E-state index in [-0.39, 0.29) is 24.9 Å². The molecule has 0 saturated carbocycles. The highest BCUT2D eigenvalue weighted by atomic mass is 35.5. The number of nitrogens with zero attached hydrogens (tertiary/aromatic N) is 2. The van der Waals surface area contributed by atoms with Crippen molar-refractivity contribution in [3.8, 4) is 11.5 Å². The lowest BCUT2D eigenvalue weighted by molar-refractivity contribution is -0.137. The van der Waals surface area contributed by atoms with Crippen LogP contribution in [0.1, 0.15) is 5.56 Å². The zero-order valence-corrected chi connectivity index (χ0v) is 13.3. The molecule has 1 aliphatic heterocycles. The average molecular weight is 370 g/mol. The molecule has 0 unspecified atom stereocenters. The lowest BCUT2D eigenvalue weighted by atomic mass is 10.1. The van der Waals surface area contributed by atoms with Crippen LogP contribution in [0.15, 0.2) is 42.7 Å². The molecule has 5 nitrogen and oxygen atoms in total. The summed E-state index contributed by atoms with van der Waals surface area (Å²) in [4.78, 5) is 8.27. The molecule has 1 aliphatic rings. The molecule has 0 radical (unpaired) electrons. The fourth-order valence-electron chi connectivity index (χ4n) is 2.46. The largest absolute Gasteiger partial charge is 0.454 e. The Morgan fingerprint density at radius 3 is 2.52 bits per heavy atom. The van der Waals surface area contributed by atoms with Crippen molar-refractivity contribution in [3.63, 3.8) is 0 Å². The van der Waals surface area contributed by atoms with Crippen LogP contribution in [-0.4, -0.2) is 16.8 Å². The Labute approximate surface area is 146 Å².